The number of fused-ring (bicyclic) bond motifs is 14. The lowest BCUT2D eigenvalue weighted by atomic mass is 9.78. The van der Waals surface area contributed by atoms with Crippen LogP contribution in [0, 0.1) is 30.6 Å². The molecule has 16 heteroatoms. The van der Waals surface area contributed by atoms with E-state index in [1.165, 1.54) is 65.4 Å². The van der Waals surface area contributed by atoms with Crippen molar-refractivity contribution in [1.29, 1.82) is 0 Å². The van der Waals surface area contributed by atoms with Crippen LogP contribution in [0.25, 0.3) is 0 Å². The Morgan fingerprint density at radius 3 is 2.20 bits per heavy atom. The molecule has 2 aromatic carbocycles. The summed E-state index contributed by atoms with van der Waals surface area (Å²) in [6.07, 6.45) is 7.39. The van der Waals surface area contributed by atoms with Gasteiger partial charge >= 0.3 is 17.7 Å². The molecule has 1 amide bonds. The van der Waals surface area contributed by atoms with Gasteiger partial charge in [-0.25, -0.2) is 4.79 Å². The van der Waals surface area contributed by atoms with Crippen LogP contribution >= 0.6 is 0 Å². The lowest BCUT2D eigenvalue weighted by molar-refractivity contribution is -0.160. The van der Waals surface area contributed by atoms with E-state index < -0.39 is 94.6 Å². The third-order valence-corrected chi connectivity index (χ3v) is 13.6. The van der Waals surface area contributed by atoms with E-state index in [0.29, 0.717) is 38.3 Å². The van der Waals surface area contributed by atoms with Gasteiger partial charge in [0.2, 0.25) is 11.6 Å². The molecule has 1 saturated heterocycles. The highest BCUT2D eigenvalue weighted by Gasteiger charge is 2.53. The number of hydrogen-bond donors (Lipinski definition) is 3. The fourth-order valence-corrected chi connectivity index (χ4v) is 9.38. The SMILES string of the molecule is CCCCOc1ccc(C(=O)Oc2c(C)c3c4c5c2C(=O)C(=C(N2CCCCC2)C5=O)NC(=O)/C(C)=C\C=C/[C@H](C)[C@H](O)[C@@H](C)[C@H](O)[C@H](C)[C@H](OC(C)=O)[C@H](C)[C@@H](OC)/C=C\O[C@@](C)(O3)C4=O)cc1. The van der Waals surface area contributed by atoms with Crippen LogP contribution < -0.4 is 19.5 Å². The number of carbonyl (C=O) groups excluding carboxylic acids is 6. The van der Waals surface area contributed by atoms with E-state index in [0.717, 1.165) is 19.3 Å². The first kappa shape index (κ1) is 52.3. The maximum Gasteiger partial charge on any atom is 0.343 e. The number of unbranched alkanes of at least 4 members (excludes halogenated alkanes) is 1. The predicted molar refractivity (Wildman–Crippen MR) is 254 cm³/mol. The number of Topliss-reactive ketones (excluding diaryl/α,β-unsaturated/α-hetero) is 3. The maximum atomic E-state index is 15.3. The summed E-state index contributed by atoms with van der Waals surface area (Å²) in [5.74, 6) is -9.39. The smallest absolute Gasteiger partial charge is 0.343 e. The van der Waals surface area contributed by atoms with Gasteiger partial charge in [0.1, 0.15) is 34.7 Å². The van der Waals surface area contributed by atoms with Crippen molar-refractivity contribution in [2.75, 3.05) is 26.8 Å². The van der Waals surface area contributed by atoms with Crippen molar-refractivity contribution in [2.24, 2.45) is 23.7 Å². The van der Waals surface area contributed by atoms with Crippen LogP contribution in [-0.4, -0.2) is 107 Å². The van der Waals surface area contributed by atoms with Crippen molar-refractivity contribution in [2.45, 2.75) is 125 Å². The summed E-state index contributed by atoms with van der Waals surface area (Å²) in [4.78, 5) is 87.9. The molecule has 0 saturated carbocycles. The summed E-state index contributed by atoms with van der Waals surface area (Å²) in [7, 11) is 1.43. The van der Waals surface area contributed by atoms with Crippen LogP contribution in [0.5, 0.6) is 17.2 Å². The third kappa shape index (κ3) is 10.9. The molecule has 0 unspecified atom stereocenters. The first-order valence-electron chi connectivity index (χ1n) is 23.8. The molecule has 0 aromatic heterocycles. The Labute approximate surface area is 403 Å². The highest BCUT2D eigenvalue weighted by Crippen LogP contribution is 2.50. The van der Waals surface area contributed by atoms with E-state index in [1.54, 1.807) is 56.9 Å². The number of rotatable bonds is 9. The van der Waals surface area contributed by atoms with Gasteiger partial charge in [-0.15, -0.1) is 0 Å². The fourth-order valence-electron chi connectivity index (χ4n) is 9.38. The molecule has 9 atom stereocenters. The number of ether oxygens (including phenoxy) is 6. The Kier molecular flexibility index (Phi) is 16.8. The first-order chi connectivity index (χ1) is 32.8. The zero-order chi connectivity index (χ0) is 50.5. The average Bonchev–Trinajstić information content (AvgIpc) is 3.60. The maximum absolute atomic E-state index is 15.3. The van der Waals surface area contributed by atoms with E-state index in [2.05, 4.69) is 5.32 Å². The van der Waals surface area contributed by atoms with E-state index in [-0.39, 0.29) is 50.7 Å². The number of likely N-dealkylation sites (tertiary alicyclic amines) is 1. The summed E-state index contributed by atoms with van der Waals surface area (Å²) < 4.78 is 35.9. The van der Waals surface area contributed by atoms with Crippen LogP contribution in [0.1, 0.15) is 134 Å². The van der Waals surface area contributed by atoms with E-state index in [4.69, 9.17) is 28.4 Å². The number of esters is 2. The molecule has 2 aromatic rings. The van der Waals surface area contributed by atoms with Crippen molar-refractivity contribution in [3.8, 4) is 17.2 Å². The van der Waals surface area contributed by atoms with Gasteiger partial charge in [-0.3, -0.25) is 24.0 Å². The van der Waals surface area contributed by atoms with Gasteiger partial charge in [0.05, 0.1) is 53.4 Å². The molecule has 0 radical (unpaired) electrons. The van der Waals surface area contributed by atoms with Gasteiger partial charge in [0, 0.05) is 68.9 Å². The summed E-state index contributed by atoms with van der Waals surface area (Å²) in [5.41, 5.74) is -1.25. The molecule has 1 aliphatic carbocycles. The van der Waals surface area contributed by atoms with Crippen molar-refractivity contribution in [3.63, 3.8) is 0 Å². The van der Waals surface area contributed by atoms with Crippen LogP contribution in [0.3, 0.4) is 0 Å². The minimum atomic E-state index is -2.15. The zero-order valence-corrected chi connectivity index (χ0v) is 41.2. The van der Waals surface area contributed by atoms with E-state index >= 15 is 9.59 Å². The highest BCUT2D eigenvalue weighted by molar-refractivity contribution is 6.32. The number of aliphatic hydroxyl groups excluding tert-OH is 2. The second-order valence-electron chi connectivity index (χ2n) is 18.7. The van der Waals surface area contributed by atoms with E-state index in [1.807, 2.05) is 6.92 Å². The molecule has 7 rings (SSSR count). The monoisotopic (exact) mass is 954 g/mol. The second kappa shape index (κ2) is 22.1. The Bertz CT molecular complexity index is 2450. The summed E-state index contributed by atoms with van der Waals surface area (Å²) >= 11 is 0. The van der Waals surface area contributed by atoms with Gasteiger partial charge < -0.3 is 48.9 Å². The number of benzene rings is 2. The minimum absolute atomic E-state index is 0.0342. The summed E-state index contributed by atoms with van der Waals surface area (Å²) in [6.45, 7) is 15.8. The van der Waals surface area contributed by atoms with Crippen LogP contribution in [0.2, 0.25) is 0 Å². The molecule has 69 heavy (non-hydrogen) atoms. The Hall–Kier alpha value is -6.10. The number of carbonyl (C=O) groups is 6. The van der Waals surface area contributed by atoms with Gasteiger partial charge in [0.25, 0.3) is 11.7 Å². The summed E-state index contributed by atoms with van der Waals surface area (Å²) in [6, 6.07) is 6.24. The fraction of sp³-hybridized carbons (Fsp3) is 0.509. The summed E-state index contributed by atoms with van der Waals surface area (Å²) in [5, 5.41) is 25.8. The number of methoxy groups -OCH3 is 1. The van der Waals surface area contributed by atoms with Crippen molar-refractivity contribution in [3.05, 3.63) is 99.6 Å². The molecule has 372 valence electrons. The van der Waals surface area contributed by atoms with Crippen LogP contribution in [0.15, 0.2) is 71.8 Å². The molecule has 4 aliphatic heterocycles. The van der Waals surface area contributed by atoms with Gasteiger partial charge in [-0.05, 0) is 69.9 Å². The minimum Gasteiger partial charge on any atom is -0.494 e. The molecular formula is C53H66N2O14. The number of allylic oxidation sites excluding steroid dienone is 4. The second-order valence-corrected chi connectivity index (χ2v) is 18.7. The molecule has 16 nitrogen and oxygen atoms in total. The lowest BCUT2D eigenvalue weighted by Gasteiger charge is -2.38. The van der Waals surface area contributed by atoms with E-state index in [9.17, 15) is 29.4 Å². The predicted octanol–water partition coefficient (Wildman–Crippen LogP) is 7.14. The van der Waals surface area contributed by atoms with Gasteiger partial charge in [-0.2, -0.15) is 0 Å². The van der Waals surface area contributed by atoms with Crippen molar-refractivity contribution < 1.29 is 67.4 Å². The average molecular weight is 955 g/mol. The Morgan fingerprint density at radius 1 is 0.884 bits per heavy atom. The van der Waals surface area contributed by atoms with Crippen LogP contribution in [0.4, 0.5) is 0 Å². The number of nitrogens with zero attached hydrogens (tertiary/aromatic N) is 1. The first-order valence-corrected chi connectivity index (χ1v) is 23.8. The zero-order valence-electron chi connectivity index (χ0n) is 41.2. The largest absolute Gasteiger partial charge is 0.494 e. The molecule has 4 heterocycles. The molecule has 5 bridgehead atoms. The number of nitrogens with one attached hydrogen (secondary N) is 1. The molecule has 1 fully saturated rings. The van der Waals surface area contributed by atoms with Crippen LogP contribution in [-0.2, 0) is 23.8 Å². The molecule has 0 spiro atoms. The number of hydrogen-bond acceptors (Lipinski definition) is 15. The van der Waals surface area contributed by atoms with Crippen molar-refractivity contribution in [1.82, 2.24) is 10.2 Å². The quantitative estimate of drug-likeness (QED) is 0.130. The standard InChI is InChI=1S/C53H66N2O14/c1-11-12-26-65-36-21-19-35(20-22-36)52(63)68-48-33(7)49-40-38-39(48)45(59)41(42(46(38)60)55-24-14-13-15-25-55)54-51(62)29(3)18-16-17-28(2)43(57)31(5)44(58)32(6)47(67-34(8)56)30(4)37(64-10)23-27-66-53(9,69-49)50(40)61/h16-23,27-28,30-32,37,43-44,47,57-58H,11-15,24-26H2,1-10H3,(H,54,62)/b17-16-,27-23-,29-18-/t28-,30+,31+,32-,37-,43-,44-,47+,53-/m0/s1. The van der Waals surface area contributed by atoms with Gasteiger partial charge in [0.15, 0.2) is 0 Å². The van der Waals surface area contributed by atoms with Gasteiger partial charge in [-0.1, -0.05) is 59.3 Å². The number of ketones is 3. The lowest BCUT2D eigenvalue weighted by Crippen LogP contribution is -2.46. The Morgan fingerprint density at radius 2 is 1.57 bits per heavy atom. The highest BCUT2D eigenvalue weighted by atomic mass is 16.7. The molecular weight excluding hydrogens is 889 g/mol. The van der Waals surface area contributed by atoms with Crippen molar-refractivity contribution >= 4 is 35.2 Å². The Balaban J connectivity index is 1.53. The number of piperidine rings is 1. The molecule has 5 aliphatic rings. The normalized spacial score (nSPS) is 29.6. The number of amides is 1. The molecule has 3 N–H and O–H groups in total. The number of aliphatic hydroxyl groups is 2. The topological polar surface area (TPSA) is 214 Å². The third-order valence-electron chi connectivity index (χ3n) is 13.6.